The van der Waals surface area contributed by atoms with Crippen LogP contribution in [0.25, 0.3) is 0 Å². The molecule has 4 atom stereocenters. The summed E-state index contributed by atoms with van der Waals surface area (Å²) in [6, 6.07) is 15.5. The molecule has 0 unspecified atom stereocenters. The van der Waals surface area contributed by atoms with Crippen LogP contribution in [0.1, 0.15) is 42.5 Å². The van der Waals surface area contributed by atoms with Gasteiger partial charge >= 0.3 is 0 Å². The van der Waals surface area contributed by atoms with E-state index in [1.165, 1.54) is 0 Å². The number of nitrogens with one attached hydrogen (secondary N) is 1. The Morgan fingerprint density at radius 3 is 1.71 bits per heavy atom. The molecule has 124 valence electrons. The molecule has 2 bridgehead atoms. The zero-order chi connectivity index (χ0) is 16.7. The molecule has 0 amide bonds. The standard InChI is InChI=1S/C20H19Cl2NO/c21-16-10-3-1-6-12(16)18-14-8-5-9-15(20(14)24)19(23-18)13-7-2-4-11-17(13)22/h1-4,6-7,10-11,14-15,18-19,23H,5,8-9H2/t14-,15-,18+,19+/m0/s1. The van der Waals surface area contributed by atoms with Crippen molar-refractivity contribution in [2.45, 2.75) is 31.3 Å². The summed E-state index contributed by atoms with van der Waals surface area (Å²) in [7, 11) is 0. The number of hydrogen-bond acceptors (Lipinski definition) is 2. The zero-order valence-corrected chi connectivity index (χ0v) is 14.7. The highest BCUT2D eigenvalue weighted by Gasteiger charge is 2.47. The van der Waals surface area contributed by atoms with Crippen LogP contribution in [0.5, 0.6) is 0 Å². The molecular weight excluding hydrogens is 341 g/mol. The minimum Gasteiger partial charge on any atom is -0.302 e. The smallest absolute Gasteiger partial charge is 0.142 e. The van der Waals surface area contributed by atoms with Gasteiger partial charge in [0.2, 0.25) is 0 Å². The van der Waals surface area contributed by atoms with E-state index in [0.29, 0.717) is 15.8 Å². The third-order valence-electron chi connectivity index (χ3n) is 5.41. The molecule has 2 fully saturated rings. The van der Waals surface area contributed by atoms with E-state index in [9.17, 15) is 4.79 Å². The van der Waals surface area contributed by atoms with Crippen LogP contribution in [0.3, 0.4) is 0 Å². The monoisotopic (exact) mass is 359 g/mol. The topological polar surface area (TPSA) is 29.1 Å². The molecule has 0 aromatic heterocycles. The van der Waals surface area contributed by atoms with Crippen molar-refractivity contribution in [3.63, 3.8) is 0 Å². The molecule has 2 aromatic carbocycles. The van der Waals surface area contributed by atoms with Crippen LogP contribution in [0.4, 0.5) is 0 Å². The van der Waals surface area contributed by atoms with Gasteiger partial charge in [-0.15, -0.1) is 0 Å². The number of hydrogen-bond donors (Lipinski definition) is 1. The minimum atomic E-state index is -0.0518. The molecular formula is C20H19Cl2NO. The van der Waals surface area contributed by atoms with Gasteiger partial charge in [-0.25, -0.2) is 0 Å². The number of ketones is 1. The van der Waals surface area contributed by atoms with Gasteiger partial charge in [-0.3, -0.25) is 4.79 Å². The molecule has 4 heteroatoms. The predicted molar refractivity (Wildman–Crippen MR) is 97.4 cm³/mol. The first-order valence-electron chi connectivity index (χ1n) is 8.45. The second kappa shape index (κ2) is 6.51. The van der Waals surface area contributed by atoms with E-state index >= 15 is 0 Å². The van der Waals surface area contributed by atoms with E-state index in [1.807, 2.05) is 48.5 Å². The maximum Gasteiger partial charge on any atom is 0.142 e. The second-order valence-electron chi connectivity index (χ2n) is 6.71. The van der Waals surface area contributed by atoms with Gasteiger partial charge in [-0.1, -0.05) is 66.0 Å². The fourth-order valence-electron chi connectivity index (χ4n) is 4.27. The Bertz CT molecular complexity index is 714. The van der Waals surface area contributed by atoms with Gasteiger partial charge in [0.15, 0.2) is 0 Å². The van der Waals surface area contributed by atoms with Crippen molar-refractivity contribution in [2.24, 2.45) is 11.8 Å². The first-order valence-corrected chi connectivity index (χ1v) is 9.21. The molecule has 1 saturated heterocycles. The number of rotatable bonds is 2. The van der Waals surface area contributed by atoms with Crippen molar-refractivity contribution in [1.82, 2.24) is 5.32 Å². The van der Waals surface area contributed by atoms with E-state index < -0.39 is 0 Å². The van der Waals surface area contributed by atoms with Crippen molar-refractivity contribution in [3.8, 4) is 0 Å². The largest absolute Gasteiger partial charge is 0.302 e. The van der Waals surface area contributed by atoms with Gasteiger partial charge in [0, 0.05) is 34.0 Å². The van der Waals surface area contributed by atoms with Gasteiger partial charge in [0.05, 0.1) is 0 Å². The van der Waals surface area contributed by atoms with Gasteiger partial charge in [-0.05, 0) is 36.1 Å². The summed E-state index contributed by atoms with van der Waals surface area (Å²) in [5.41, 5.74) is 2.02. The number of benzene rings is 2. The number of Topliss-reactive ketones (excluding diaryl/α,β-unsaturated/α-hetero) is 1. The Morgan fingerprint density at radius 1 is 0.792 bits per heavy atom. The van der Waals surface area contributed by atoms with E-state index in [0.717, 1.165) is 30.4 Å². The number of carbonyl (C=O) groups is 1. The number of carbonyl (C=O) groups excluding carboxylic acids is 1. The molecule has 1 N–H and O–H groups in total. The van der Waals surface area contributed by atoms with Crippen LogP contribution in [-0.4, -0.2) is 5.78 Å². The number of piperidine rings is 1. The Hall–Kier alpha value is -1.35. The molecule has 2 aliphatic rings. The Kier molecular flexibility index (Phi) is 4.38. The third kappa shape index (κ3) is 2.67. The van der Waals surface area contributed by atoms with Crippen LogP contribution in [-0.2, 0) is 4.79 Å². The van der Waals surface area contributed by atoms with Gasteiger partial charge in [-0.2, -0.15) is 0 Å². The molecule has 1 saturated carbocycles. The molecule has 1 aliphatic heterocycles. The van der Waals surface area contributed by atoms with Crippen molar-refractivity contribution in [3.05, 3.63) is 69.7 Å². The van der Waals surface area contributed by atoms with E-state index in [-0.39, 0.29) is 23.9 Å². The van der Waals surface area contributed by atoms with Gasteiger partial charge in [0.1, 0.15) is 5.78 Å². The summed E-state index contributed by atoms with van der Waals surface area (Å²) in [6.45, 7) is 0. The molecule has 1 aliphatic carbocycles. The first-order chi connectivity index (χ1) is 11.7. The molecule has 24 heavy (non-hydrogen) atoms. The number of halogens is 2. The van der Waals surface area contributed by atoms with Crippen LogP contribution in [0, 0.1) is 11.8 Å². The highest BCUT2D eigenvalue weighted by atomic mass is 35.5. The van der Waals surface area contributed by atoms with Crippen molar-refractivity contribution in [2.75, 3.05) is 0 Å². The summed E-state index contributed by atoms with van der Waals surface area (Å²) in [6.07, 6.45) is 2.92. The van der Waals surface area contributed by atoms with Crippen LogP contribution < -0.4 is 5.32 Å². The lowest BCUT2D eigenvalue weighted by Gasteiger charge is -2.45. The fraction of sp³-hybridized carbons (Fsp3) is 0.350. The lowest BCUT2D eigenvalue weighted by Crippen LogP contribution is -2.50. The Labute approximate surface area is 152 Å². The maximum atomic E-state index is 13.1. The molecule has 2 nitrogen and oxygen atoms in total. The summed E-state index contributed by atoms with van der Waals surface area (Å²) >= 11 is 12.9. The lowest BCUT2D eigenvalue weighted by molar-refractivity contribution is -0.135. The van der Waals surface area contributed by atoms with Crippen molar-refractivity contribution in [1.29, 1.82) is 0 Å². The second-order valence-corrected chi connectivity index (χ2v) is 7.53. The molecule has 2 aromatic rings. The van der Waals surface area contributed by atoms with Crippen LogP contribution in [0.2, 0.25) is 10.0 Å². The summed E-state index contributed by atoms with van der Waals surface area (Å²) in [5.74, 6) is 0.361. The first kappa shape index (κ1) is 16.1. The van der Waals surface area contributed by atoms with E-state index in [1.54, 1.807) is 0 Å². The SMILES string of the molecule is O=C1[C@H]2CCC[C@H]1[C@@H](c1ccccc1Cl)N[C@@H]2c1ccccc1Cl. The lowest BCUT2D eigenvalue weighted by atomic mass is 9.67. The van der Waals surface area contributed by atoms with Gasteiger partial charge < -0.3 is 5.32 Å². The zero-order valence-electron chi connectivity index (χ0n) is 13.2. The molecule has 0 spiro atoms. The Balaban J connectivity index is 1.78. The van der Waals surface area contributed by atoms with Crippen LogP contribution >= 0.6 is 23.2 Å². The third-order valence-corrected chi connectivity index (χ3v) is 6.09. The quantitative estimate of drug-likeness (QED) is 0.781. The molecule has 4 rings (SSSR count). The molecule has 0 radical (unpaired) electrons. The highest BCUT2D eigenvalue weighted by molar-refractivity contribution is 6.31. The fourth-order valence-corrected chi connectivity index (χ4v) is 4.78. The normalized spacial score (nSPS) is 29.5. The summed E-state index contributed by atoms with van der Waals surface area (Å²) < 4.78 is 0. The Morgan fingerprint density at radius 2 is 1.25 bits per heavy atom. The van der Waals surface area contributed by atoms with Crippen molar-refractivity contribution < 1.29 is 4.79 Å². The number of fused-ring (bicyclic) bond motifs is 2. The summed E-state index contributed by atoms with van der Waals surface area (Å²) in [4.78, 5) is 13.1. The molecule has 1 heterocycles. The van der Waals surface area contributed by atoms with Gasteiger partial charge in [0.25, 0.3) is 0 Å². The van der Waals surface area contributed by atoms with Crippen LogP contribution in [0.15, 0.2) is 48.5 Å². The summed E-state index contributed by atoms with van der Waals surface area (Å²) in [5, 5.41) is 5.14. The maximum absolute atomic E-state index is 13.1. The van der Waals surface area contributed by atoms with Crippen molar-refractivity contribution >= 4 is 29.0 Å². The highest BCUT2D eigenvalue weighted by Crippen LogP contribution is 2.47. The average molecular weight is 360 g/mol. The van der Waals surface area contributed by atoms with E-state index in [2.05, 4.69) is 5.32 Å². The predicted octanol–water partition coefficient (Wildman–Crippen LogP) is 5.36. The average Bonchev–Trinajstić information content (AvgIpc) is 2.57. The minimum absolute atomic E-state index is 0.00221. The van der Waals surface area contributed by atoms with E-state index in [4.69, 9.17) is 23.2 Å².